The van der Waals surface area contributed by atoms with Gasteiger partial charge >= 0.3 is 5.97 Å². The number of carbonyl (C=O) groups is 1. The summed E-state index contributed by atoms with van der Waals surface area (Å²) in [6.07, 6.45) is 3.88. The van der Waals surface area contributed by atoms with Crippen LogP contribution >= 0.6 is 0 Å². The van der Waals surface area contributed by atoms with Gasteiger partial charge < -0.3 is 9.84 Å². The maximum atomic E-state index is 11.8. The van der Waals surface area contributed by atoms with E-state index in [2.05, 4.69) is 25.1 Å². The molecular weight excluding hydrogens is 360 g/mol. The summed E-state index contributed by atoms with van der Waals surface area (Å²) in [4.78, 5) is 11.8. The SMILES string of the molecule is CCCc1ccc(Oc2ccc(/C(=C\c3cc(C)cc(C)c3)C(=O)O)cc2)cc1. The molecule has 0 saturated carbocycles. The van der Waals surface area contributed by atoms with Crippen LogP contribution in [0.4, 0.5) is 0 Å². The van der Waals surface area contributed by atoms with Gasteiger partial charge in [-0.25, -0.2) is 4.79 Å². The molecule has 0 radical (unpaired) electrons. The van der Waals surface area contributed by atoms with Crippen molar-refractivity contribution >= 4 is 17.6 Å². The van der Waals surface area contributed by atoms with E-state index in [9.17, 15) is 9.90 Å². The van der Waals surface area contributed by atoms with E-state index in [1.807, 2.05) is 38.1 Å². The van der Waals surface area contributed by atoms with E-state index in [0.717, 1.165) is 35.3 Å². The highest BCUT2D eigenvalue weighted by atomic mass is 16.5. The monoisotopic (exact) mass is 386 g/mol. The molecule has 0 fully saturated rings. The Bertz CT molecular complexity index is 993. The summed E-state index contributed by atoms with van der Waals surface area (Å²) in [5.41, 5.74) is 5.28. The minimum Gasteiger partial charge on any atom is -0.478 e. The van der Waals surface area contributed by atoms with Gasteiger partial charge in [0.2, 0.25) is 0 Å². The number of ether oxygens (including phenoxy) is 1. The van der Waals surface area contributed by atoms with Gasteiger partial charge in [0.1, 0.15) is 11.5 Å². The minimum atomic E-state index is -0.954. The second kappa shape index (κ2) is 9.24. The molecule has 0 heterocycles. The van der Waals surface area contributed by atoms with Crippen LogP contribution < -0.4 is 4.74 Å². The third kappa shape index (κ3) is 5.58. The number of hydrogen-bond donors (Lipinski definition) is 1. The first-order valence-corrected chi connectivity index (χ1v) is 9.85. The second-order valence-electron chi connectivity index (χ2n) is 7.30. The van der Waals surface area contributed by atoms with Crippen molar-refractivity contribution in [3.8, 4) is 11.5 Å². The van der Waals surface area contributed by atoms with Gasteiger partial charge in [0.05, 0.1) is 5.57 Å². The predicted octanol–water partition coefficient (Wildman–Crippen LogP) is 6.67. The Kier molecular flexibility index (Phi) is 6.50. The molecule has 0 atom stereocenters. The number of carboxylic acid groups (broad SMARTS) is 1. The Morgan fingerprint density at radius 2 is 1.45 bits per heavy atom. The maximum Gasteiger partial charge on any atom is 0.336 e. The van der Waals surface area contributed by atoms with Crippen LogP contribution in [0.1, 0.15) is 41.2 Å². The summed E-state index contributed by atoms with van der Waals surface area (Å²) >= 11 is 0. The van der Waals surface area contributed by atoms with E-state index in [-0.39, 0.29) is 5.57 Å². The van der Waals surface area contributed by atoms with Crippen molar-refractivity contribution in [3.05, 3.63) is 94.5 Å². The van der Waals surface area contributed by atoms with E-state index < -0.39 is 5.97 Å². The topological polar surface area (TPSA) is 46.5 Å². The van der Waals surface area contributed by atoms with Crippen molar-refractivity contribution in [2.75, 3.05) is 0 Å². The molecule has 0 amide bonds. The lowest BCUT2D eigenvalue weighted by Gasteiger charge is -2.09. The standard InChI is InChI=1S/C26H26O3/c1-4-5-20-6-10-23(11-7-20)29-24-12-8-22(9-13-24)25(26(27)28)17-21-15-18(2)14-19(3)16-21/h6-17H,4-5H2,1-3H3,(H,27,28)/b25-17+. The van der Waals surface area contributed by atoms with Gasteiger partial charge in [-0.1, -0.05) is 66.9 Å². The average molecular weight is 386 g/mol. The van der Waals surface area contributed by atoms with E-state index in [1.54, 1.807) is 30.3 Å². The lowest BCUT2D eigenvalue weighted by molar-refractivity contribution is -0.130. The highest BCUT2D eigenvalue weighted by Gasteiger charge is 2.11. The Balaban J connectivity index is 1.81. The molecule has 0 aliphatic carbocycles. The fourth-order valence-corrected chi connectivity index (χ4v) is 3.38. The molecule has 3 rings (SSSR count). The molecule has 0 aliphatic rings. The smallest absolute Gasteiger partial charge is 0.336 e. The molecule has 3 aromatic rings. The fourth-order valence-electron chi connectivity index (χ4n) is 3.38. The molecule has 0 aromatic heterocycles. The Morgan fingerprint density at radius 3 is 1.97 bits per heavy atom. The highest BCUT2D eigenvalue weighted by molar-refractivity contribution is 6.20. The summed E-state index contributed by atoms with van der Waals surface area (Å²) in [6.45, 7) is 6.17. The van der Waals surface area contributed by atoms with Crippen LogP contribution in [-0.2, 0) is 11.2 Å². The average Bonchev–Trinajstić information content (AvgIpc) is 2.68. The molecule has 29 heavy (non-hydrogen) atoms. The number of benzene rings is 3. The van der Waals surface area contributed by atoms with Gasteiger partial charge in [0.15, 0.2) is 0 Å². The molecule has 0 unspecified atom stereocenters. The van der Waals surface area contributed by atoms with Crippen molar-refractivity contribution in [2.45, 2.75) is 33.6 Å². The number of rotatable bonds is 7. The molecular formula is C26H26O3. The van der Waals surface area contributed by atoms with Gasteiger partial charge in [0, 0.05) is 0 Å². The van der Waals surface area contributed by atoms with Crippen LogP contribution in [0.3, 0.4) is 0 Å². The summed E-state index contributed by atoms with van der Waals surface area (Å²) < 4.78 is 5.89. The van der Waals surface area contributed by atoms with Crippen molar-refractivity contribution in [2.24, 2.45) is 0 Å². The maximum absolute atomic E-state index is 11.8. The largest absolute Gasteiger partial charge is 0.478 e. The zero-order valence-electron chi connectivity index (χ0n) is 17.1. The summed E-state index contributed by atoms with van der Waals surface area (Å²) in [5, 5.41) is 9.70. The lowest BCUT2D eigenvalue weighted by Crippen LogP contribution is -2.00. The van der Waals surface area contributed by atoms with Crippen molar-refractivity contribution in [1.29, 1.82) is 0 Å². The third-order valence-electron chi connectivity index (χ3n) is 4.65. The summed E-state index contributed by atoms with van der Waals surface area (Å²) in [7, 11) is 0. The normalized spacial score (nSPS) is 11.3. The van der Waals surface area contributed by atoms with Crippen molar-refractivity contribution < 1.29 is 14.6 Å². The zero-order valence-corrected chi connectivity index (χ0v) is 17.1. The van der Waals surface area contributed by atoms with E-state index in [0.29, 0.717) is 11.3 Å². The minimum absolute atomic E-state index is 0.255. The Morgan fingerprint density at radius 1 is 0.897 bits per heavy atom. The van der Waals surface area contributed by atoms with Gasteiger partial charge in [0.25, 0.3) is 0 Å². The van der Waals surface area contributed by atoms with Crippen LogP contribution in [0, 0.1) is 13.8 Å². The number of aliphatic carboxylic acids is 1. The van der Waals surface area contributed by atoms with Crippen molar-refractivity contribution in [3.63, 3.8) is 0 Å². The van der Waals surface area contributed by atoms with Gasteiger partial charge in [-0.2, -0.15) is 0 Å². The third-order valence-corrected chi connectivity index (χ3v) is 4.65. The molecule has 3 aromatic carbocycles. The molecule has 0 aliphatic heterocycles. The number of hydrogen-bond acceptors (Lipinski definition) is 2. The van der Waals surface area contributed by atoms with Crippen molar-refractivity contribution in [1.82, 2.24) is 0 Å². The predicted molar refractivity (Wildman–Crippen MR) is 118 cm³/mol. The molecule has 0 saturated heterocycles. The first-order valence-electron chi connectivity index (χ1n) is 9.85. The van der Waals surface area contributed by atoms with E-state index >= 15 is 0 Å². The summed E-state index contributed by atoms with van der Waals surface area (Å²) in [6, 6.07) is 21.3. The zero-order chi connectivity index (χ0) is 20.8. The first kappa shape index (κ1) is 20.4. The Hall–Kier alpha value is -3.33. The lowest BCUT2D eigenvalue weighted by atomic mass is 10.0. The van der Waals surface area contributed by atoms with Gasteiger partial charge in [-0.05, 0) is 67.3 Å². The van der Waals surface area contributed by atoms with Gasteiger partial charge in [-0.15, -0.1) is 0 Å². The quantitative estimate of drug-likeness (QED) is 0.364. The second-order valence-corrected chi connectivity index (χ2v) is 7.30. The molecule has 0 spiro atoms. The van der Waals surface area contributed by atoms with E-state index in [1.165, 1.54) is 5.56 Å². The number of aryl methyl sites for hydroxylation is 3. The molecule has 148 valence electrons. The van der Waals surface area contributed by atoms with Crippen LogP contribution in [0.25, 0.3) is 11.6 Å². The molecule has 3 nitrogen and oxygen atoms in total. The summed E-state index contributed by atoms with van der Waals surface area (Å²) in [5.74, 6) is 0.485. The van der Waals surface area contributed by atoms with Crippen LogP contribution in [0.15, 0.2) is 66.7 Å². The number of carboxylic acids is 1. The highest BCUT2D eigenvalue weighted by Crippen LogP contribution is 2.26. The van der Waals surface area contributed by atoms with E-state index in [4.69, 9.17) is 4.74 Å². The molecule has 0 bridgehead atoms. The van der Waals surface area contributed by atoms with Crippen LogP contribution in [0.5, 0.6) is 11.5 Å². The van der Waals surface area contributed by atoms with Crippen LogP contribution in [-0.4, -0.2) is 11.1 Å². The molecule has 1 N–H and O–H groups in total. The van der Waals surface area contributed by atoms with Gasteiger partial charge in [-0.3, -0.25) is 0 Å². The van der Waals surface area contributed by atoms with Crippen LogP contribution in [0.2, 0.25) is 0 Å². The molecule has 3 heteroatoms. The Labute approximate surface area is 172 Å². The fraction of sp³-hybridized carbons (Fsp3) is 0.192. The first-order chi connectivity index (χ1) is 13.9.